The molecular formula is C15H20N2O4. The van der Waals surface area contributed by atoms with Crippen molar-refractivity contribution in [1.82, 2.24) is 9.47 Å². The molecule has 0 saturated carbocycles. The summed E-state index contributed by atoms with van der Waals surface area (Å²) in [5, 5.41) is 9.24. The number of carbonyl (C=O) groups is 2. The minimum Gasteiger partial charge on any atom is -0.480 e. The van der Waals surface area contributed by atoms with Gasteiger partial charge in [0, 0.05) is 18.8 Å². The lowest BCUT2D eigenvalue weighted by atomic mass is 10.0. The summed E-state index contributed by atoms with van der Waals surface area (Å²) in [6.07, 6.45) is 1.99. The Kier molecular flexibility index (Phi) is 4.45. The molecule has 1 amide bonds. The molecule has 0 spiro atoms. The number of aromatic nitrogens is 1. The minimum absolute atomic E-state index is 0.0515. The van der Waals surface area contributed by atoms with Gasteiger partial charge in [-0.15, -0.1) is 0 Å². The van der Waals surface area contributed by atoms with E-state index < -0.39 is 17.9 Å². The number of aliphatic carboxylic acids is 1. The summed E-state index contributed by atoms with van der Waals surface area (Å²) < 4.78 is 1.52. The molecule has 6 heteroatoms. The molecule has 1 aromatic rings. The van der Waals surface area contributed by atoms with Gasteiger partial charge in [0.25, 0.3) is 11.5 Å². The van der Waals surface area contributed by atoms with Crippen molar-refractivity contribution in [3.63, 3.8) is 0 Å². The highest BCUT2D eigenvalue weighted by Gasteiger charge is 2.33. The quantitative estimate of drug-likeness (QED) is 0.909. The maximum atomic E-state index is 12.6. The summed E-state index contributed by atoms with van der Waals surface area (Å²) in [5.41, 5.74) is 0.486. The number of carboxylic acids is 1. The zero-order valence-corrected chi connectivity index (χ0v) is 12.3. The third-order valence-corrected chi connectivity index (χ3v) is 3.99. The lowest BCUT2D eigenvalue weighted by molar-refractivity contribution is -0.143. The summed E-state index contributed by atoms with van der Waals surface area (Å²) in [6.45, 7) is 4.51. The number of carboxylic acid groups (broad SMARTS) is 1. The fraction of sp³-hybridized carbons (Fsp3) is 0.533. The average Bonchev–Trinajstić information content (AvgIpc) is 2.47. The van der Waals surface area contributed by atoms with E-state index in [9.17, 15) is 19.5 Å². The maximum absolute atomic E-state index is 12.6. The van der Waals surface area contributed by atoms with Crippen LogP contribution >= 0.6 is 0 Å². The molecule has 0 radical (unpaired) electrons. The van der Waals surface area contributed by atoms with Crippen molar-refractivity contribution in [3.05, 3.63) is 33.7 Å². The number of aryl methyl sites for hydroxylation is 1. The van der Waals surface area contributed by atoms with E-state index in [0.29, 0.717) is 19.5 Å². The van der Waals surface area contributed by atoms with Gasteiger partial charge in [-0.1, -0.05) is 0 Å². The number of amides is 1. The highest BCUT2D eigenvalue weighted by Crippen LogP contribution is 2.19. The molecule has 1 atom stereocenters. The second-order valence-electron chi connectivity index (χ2n) is 5.29. The van der Waals surface area contributed by atoms with E-state index in [1.165, 1.54) is 15.5 Å². The molecule has 1 aromatic heterocycles. The van der Waals surface area contributed by atoms with Gasteiger partial charge in [-0.25, -0.2) is 4.79 Å². The monoisotopic (exact) mass is 292 g/mol. The fourth-order valence-electron chi connectivity index (χ4n) is 2.81. The second kappa shape index (κ2) is 6.11. The molecule has 114 valence electrons. The molecule has 0 unspecified atom stereocenters. The van der Waals surface area contributed by atoms with Gasteiger partial charge in [0.05, 0.1) is 0 Å². The standard InChI is InChI=1S/C15H20N2O4/c1-3-16-10(2)7-8-11(13(16)18)14(19)17-9-5-4-6-12(17)15(20)21/h7-8,12H,3-6,9H2,1-2H3,(H,20,21)/t12-/m1/s1. The van der Waals surface area contributed by atoms with Crippen molar-refractivity contribution in [2.45, 2.75) is 45.7 Å². The summed E-state index contributed by atoms with van der Waals surface area (Å²) >= 11 is 0. The van der Waals surface area contributed by atoms with Crippen molar-refractivity contribution in [2.75, 3.05) is 6.54 Å². The van der Waals surface area contributed by atoms with Crippen LogP contribution in [0.3, 0.4) is 0 Å². The van der Waals surface area contributed by atoms with Gasteiger partial charge in [-0.05, 0) is 45.2 Å². The first kappa shape index (κ1) is 15.3. The molecule has 2 heterocycles. The lowest BCUT2D eigenvalue weighted by Gasteiger charge is -2.32. The number of hydrogen-bond donors (Lipinski definition) is 1. The zero-order valence-electron chi connectivity index (χ0n) is 12.3. The minimum atomic E-state index is -1.01. The van der Waals surface area contributed by atoms with E-state index in [1.54, 1.807) is 13.0 Å². The van der Waals surface area contributed by atoms with E-state index >= 15 is 0 Å². The van der Waals surface area contributed by atoms with Crippen molar-refractivity contribution in [3.8, 4) is 0 Å². The van der Waals surface area contributed by atoms with Crippen molar-refractivity contribution < 1.29 is 14.7 Å². The molecule has 1 aliphatic rings. The molecule has 1 saturated heterocycles. The second-order valence-corrected chi connectivity index (χ2v) is 5.29. The Morgan fingerprint density at radius 2 is 2.05 bits per heavy atom. The number of likely N-dealkylation sites (tertiary alicyclic amines) is 1. The van der Waals surface area contributed by atoms with E-state index in [0.717, 1.165) is 18.5 Å². The third kappa shape index (κ3) is 2.84. The number of rotatable bonds is 3. The number of carbonyl (C=O) groups excluding carboxylic acids is 1. The van der Waals surface area contributed by atoms with E-state index in [2.05, 4.69) is 0 Å². The summed E-state index contributed by atoms with van der Waals surface area (Å²) in [5.74, 6) is -1.49. The Hall–Kier alpha value is -2.11. The number of nitrogens with zero attached hydrogens (tertiary/aromatic N) is 2. The molecule has 6 nitrogen and oxygen atoms in total. The van der Waals surface area contributed by atoms with Crippen LogP contribution in [0.15, 0.2) is 16.9 Å². The molecule has 1 aliphatic heterocycles. The molecule has 21 heavy (non-hydrogen) atoms. The van der Waals surface area contributed by atoms with Crippen LogP contribution in [0.2, 0.25) is 0 Å². The van der Waals surface area contributed by atoms with Crippen molar-refractivity contribution in [2.24, 2.45) is 0 Å². The normalized spacial score (nSPS) is 18.6. The Labute approximate surface area is 123 Å². The Morgan fingerprint density at radius 1 is 1.33 bits per heavy atom. The number of pyridine rings is 1. The predicted molar refractivity (Wildman–Crippen MR) is 77.4 cm³/mol. The predicted octanol–water partition coefficient (Wildman–Crippen LogP) is 1.26. The van der Waals surface area contributed by atoms with Gasteiger partial charge < -0.3 is 14.6 Å². The highest BCUT2D eigenvalue weighted by atomic mass is 16.4. The van der Waals surface area contributed by atoms with Crippen LogP contribution in [-0.4, -0.2) is 39.0 Å². The summed E-state index contributed by atoms with van der Waals surface area (Å²) in [7, 11) is 0. The molecule has 2 rings (SSSR count). The SMILES string of the molecule is CCn1c(C)ccc(C(=O)N2CCCC[C@@H]2C(=O)O)c1=O. The zero-order chi connectivity index (χ0) is 15.6. The van der Waals surface area contributed by atoms with Crippen LogP contribution in [-0.2, 0) is 11.3 Å². The largest absolute Gasteiger partial charge is 0.480 e. The van der Waals surface area contributed by atoms with Gasteiger partial charge in [0.15, 0.2) is 0 Å². The van der Waals surface area contributed by atoms with Crippen LogP contribution in [0.1, 0.15) is 42.2 Å². The van der Waals surface area contributed by atoms with Gasteiger partial charge in [-0.3, -0.25) is 9.59 Å². The molecular weight excluding hydrogens is 272 g/mol. The van der Waals surface area contributed by atoms with Crippen LogP contribution < -0.4 is 5.56 Å². The summed E-state index contributed by atoms with van der Waals surface area (Å²) in [6, 6.07) is 2.39. The topological polar surface area (TPSA) is 79.6 Å². The van der Waals surface area contributed by atoms with Gasteiger partial charge in [0.1, 0.15) is 11.6 Å². The molecule has 0 bridgehead atoms. The third-order valence-electron chi connectivity index (χ3n) is 3.99. The van der Waals surface area contributed by atoms with E-state index in [-0.39, 0.29) is 11.1 Å². The highest BCUT2D eigenvalue weighted by molar-refractivity contribution is 5.96. The molecule has 0 aromatic carbocycles. The van der Waals surface area contributed by atoms with Crippen LogP contribution in [0, 0.1) is 6.92 Å². The first-order valence-corrected chi connectivity index (χ1v) is 7.21. The summed E-state index contributed by atoms with van der Waals surface area (Å²) in [4.78, 5) is 37.5. The first-order valence-electron chi connectivity index (χ1n) is 7.21. The number of piperidine rings is 1. The molecule has 0 aliphatic carbocycles. The number of hydrogen-bond acceptors (Lipinski definition) is 3. The Morgan fingerprint density at radius 3 is 2.67 bits per heavy atom. The van der Waals surface area contributed by atoms with E-state index in [1.807, 2.05) is 6.92 Å². The van der Waals surface area contributed by atoms with Crippen molar-refractivity contribution in [1.29, 1.82) is 0 Å². The average molecular weight is 292 g/mol. The smallest absolute Gasteiger partial charge is 0.326 e. The Bertz CT molecular complexity index is 621. The first-order chi connectivity index (χ1) is 9.97. The fourth-order valence-corrected chi connectivity index (χ4v) is 2.81. The van der Waals surface area contributed by atoms with Gasteiger partial charge >= 0.3 is 5.97 Å². The van der Waals surface area contributed by atoms with Gasteiger partial charge in [0.2, 0.25) is 0 Å². The van der Waals surface area contributed by atoms with Crippen LogP contribution in [0.25, 0.3) is 0 Å². The Balaban J connectivity index is 2.39. The molecule has 1 fully saturated rings. The van der Waals surface area contributed by atoms with Crippen LogP contribution in [0.4, 0.5) is 0 Å². The van der Waals surface area contributed by atoms with Crippen LogP contribution in [0.5, 0.6) is 0 Å². The van der Waals surface area contributed by atoms with Crippen molar-refractivity contribution >= 4 is 11.9 Å². The molecule has 1 N–H and O–H groups in total. The van der Waals surface area contributed by atoms with Gasteiger partial charge in [-0.2, -0.15) is 0 Å². The lowest BCUT2D eigenvalue weighted by Crippen LogP contribution is -2.49. The van der Waals surface area contributed by atoms with E-state index in [4.69, 9.17) is 0 Å². The maximum Gasteiger partial charge on any atom is 0.326 e.